The molecule has 1 aromatic heterocycles. The summed E-state index contributed by atoms with van der Waals surface area (Å²) in [5.41, 5.74) is 0.153. The molecule has 0 N–H and O–H groups in total. The Balaban J connectivity index is 2.12. The van der Waals surface area contributed by atoms with Gasteiger partial charge in [-0.3, -0.25) is 10.1 Å². The van der Waals surface area contributed by atoms with Gasteiger partial charge in [0.1, 0.15) is 5.25 Å². The first-order valence-electron chi connectivity index (χ1n) is 8.39. The average Bonchev–Trinajstić information content (AvgIpc) is 3.08. The van der Waals surface area contributed by atoms with Crippen molar-refractivity contribution in [3.05, 3.63) is 92.4 Å². The highest BCUT2D eigenvalue weighted by atomic mass is 32.2. The van der Waals surface area contributed by atoms with E-state index in [1.54, 1.807) is 18.2 Å². The summed E-state index contributed by atoms with van der Waals surface area (Å²) >= 11 is 0. The van der Waals surface area contributed by atoms with Crippen molar-refractivity contribution in [3.63, 3.8) is 0 Å². The van der Waals surface area contributed by atoms with Gasteiger partial charge in [-0.25, -0.2) is 18.0 Å². The van der Waals surface area contributed by atoms with Crippen molar-refractivity contribution in [2.24, 2.45) is 7.05 Å². The Morgan fingerprint density at radius 1 is 1.00 bits per heavy atom. The number of nitro groups is 2. The molecule has 3 aromatic rings. The van der Waals surface area contributed by atoms with E-state index in [4.69, 9.17) is 0 Å². The van der Waals surface area contributed by atoms with Gasteiger partial charge in [0.25, 0.3) is 5.69 Å². The van der Waals surface area contributed by atoms with Crippen LogP contribution in [0.2, 0.25) is 0 Å². The van der Waals surface area contributed by atoms with Crippen LogP contribution in [0.1, 0.15) is 16.5 Å². The second-order valence-electron chi connectivity index (χ2n) is 6.30. The van der Waals surface area contributed by atoms with E-state index in [9.17, 15) is 28.6 Å². The van der Waals surface area contributed by atoms with E-state index in [0.29, 0.717) is 5.56 Å². The molecular weight excluding hydrogens is 400 g/mol. The summed E-state index contributed by atoms with van der Waals surface area (Å²) in [7, 11) is -2.63. The van der Waals surface area contributed by atoms with Gasteiger partial charge in [-0.1, -0.05) is 30.3 Å². The monoisotopic (exact) mass is 416 g/mol. The standard InChI is InChI=1S/C18H16N4O6S/c1-20-12-19-17(18(20)22(25)26)16(29(27,28)15-5-3-2-4-6-15)11-13-7-9-14(10-8-13)21(23)24/h2-10,12,16H,11H2,1H3. The molecule has 0 saturated carbocycles. The number of non-ortho nitro benzene ring substituents is 1. The van der Waals surface area contributed by atoms with Gasteiger partial charge in [0.05, 0.1) is 16.9 Å². The number of rotatable bonds is 7. The maximum absolute atomic E-state index is 13.3. The number of hydrogen-bond acceptors (Lipinski definition) is 7. The number of hydrogen-bond donors (Lipinski definition) is 0. The summed E-state index contributed by atoms with van der Waals surface area (Å²) in [6, 6.07) is 13.0. The lowest BCUT2D eigenvalue weighted by Gasteiger charge is -2.16. The third-order valence-electron chi connectivity index (χ3n) is 4.43. The van der Waals surface area contributed by atoms with Crippen molar-refractivity contribution >= 4 is 21.3 Å². The number of benzene rings is 2. The molecule has 10 nitrogen and oxygen atoms in total. The van der Waals surface area contributed by atoms with E-state index in [2.05, 4.69) is 4.98 Å². The van der Waals surface area contributed by atoms with E-state index < -0.39 is 30.8 Å². The van der Waals surface area contributed by atoms with E-state index >= 15 is 0 Å². The molecule has 0 fully saturated rings. The topological polar surface area (TPSA) is 138 Å². The molecule has 29 heavy (non-hydrogen) atoms. The minimum absolute atomic E-state index is 0.00635. The minimum atomic E-state index is -4.04. The summed E-state index contributed by atoms with van der Waals surface area (Å²) in [5.74, 6) is -0.420. The van der Waals surface area contributed by atoms with Gasteiger partial charge < -0.3 is 10.1 Å². The van der Waals surface area contributed by atoms with Crippen molar-refractivity contribution < 1.29 is 18.3 Å². The molecule has 11 heteroatoms. The number of nitrogens with zero attached hydrogens (tertiary/aromatic N) is 4. The number of imidazole rings is 1. The number of nitro benzene ring substituents is 1. The predicted molar refractivity (Wildman–Crippen MR) is 103 cm³/mol. The lowest BCUT2D eigenvalue weighted by Crippen LogP contribution is -2.18. The van der Waals surface area contributed by atoms with Crippen LogP contribution in [0.15, 0.2) is 65.8 Å². The summed E-state index contributed by atoms with van der Waals surface area (Å²) in [6.07, 6.45) is 1.06. The Bertz CT molecular complexity index is 1160. The Labute approximate surface area is 165 Å². The predicted octanol–water partition coefficient (Wildman–Crippen LogP) is 2.99. The van der Waals surface area contributed by atoms with Crippen molar-refractivity contribution in [2.75, 3.05) is 0 Å². The van der Waals surface area contributed by atoms with Gasteiger partial charge in [-0.15, -0.1) is 0 Å². The van der Waals surface area contributed by atoms with E-state index in [0.717, 1.165) is 4.57 Å². The number of aromatic nitrogens is 2. The molecule has 0 bridgehead atoms. The van der Waals surface area contributed by atoms with Crippen LogP contribution in [0.4, 0.5) is 11.5 Å². The minimum Gasteiger partial charge on any atom is -0.358 e. The molecule has 2 aromatic carbocycles. The Hall–Kier alpha value is -3.60. The van der Waals surface area contributed by atoms with Crippen molar-refractivity contribution in [1.29, 1.82) is 0 Å². The molecule has 0 saturated heterocycles. The lowest BCUT2D eigenvalue weighted by molar-refractivity contribution is -0.392. The third-order valence-corrected chi connectivity index (χ3v) is 6.49. The third kappa shape index (κ3) is 3.99. The molecule has 0 aliphatic heterocycles. The van der Waals surface area contributed by atoms with E-state index in [1.165, 1.54) is 49.8 Å². The van der Waals surface area contributed by atoms with Gasteiger partial charge in [-0.2, -0.15) is 0 Å². The second-order valence-corrected chi connectivity index (χ2v) is 8.43. The van der Waals surface area contributed by atoms with Crippen LogP contribution < -0.4 is 0 Å². The summed E-state index contributed by atoms with van der Waals surface area (Å²) in [4.78, 5) is 25.1. The van der Waals surface area contributed by atoms with Crippen LogP contribution in [-0.4, -0.2) is 27.8 Å². The van der Waals surface area contributed by atoms with Crippen molar-refractivity contribution in [2.45, 2.75) is 16.6 Å². The fraction of sp³-hybridized carbons (Fsp3) is 0.167. The van der Waals surface area contributed by atoms with Crippen LogP contribution in [0.5, 0.6) is 0 Å². The zero-order chi connectivity index (χ0) is 21.2. The van der Waals surface area contributed by atoms with E-state index in [-0.39, 0.29) is 22.7 Å². The highest BCUT2D eigenvalue weighted by Crippen LogP contribution is 2.36. The van der Waals surface area contributed by atoms with Gasteiger partial charge in [0, 0.05) is 12.1 Å². The molecule has 1 unspecified atom stereocenters. The Morgan fingerprint density at radius 3 is 2.17 bits per heavy atom. The first-order valence-corrected chi connectivity index (χ1v) is 9.94. The highest BCUT2D eigenvalue weighted by molar-refractivity contribution is 7.91. The number of aryl methyl sites for hydroxylation is 1. The Morgan fingerprint density at radius 2 is 1.62 bits per heavy atom. The lowest BCUT2D eigenvalue weighted by atomic mass is 10.1. The molecule has 3 rings (SSSR count). The maximum Gasteiger partial charge on any atom is 0.347 e. The molecule has 1 heterocycles. The van der Waals surface area contributed by atoms with Gasteiger partial charge in [-0.05, 0) is 29.0 Å². The number of sulfone groups is 1. The van der Waals surface area contributed by atoms with Crippen LogP contribution in [0.25, 0.3) is 0 Å². The first kappa shape index (κ1) is 20.1. The van der Waals surface area contributed by atoms with Crippen LogP contribution in [0.3, 0.4) is 0 Å². The molecule has 0 radical (unpaired) electrons. The molecule has 1 atom stereocenters. The largest absolute Gasteiger partial charge is 0.358 e. The zero-order valence-electron chi connectivity index (χ0n) is 15.2. The normalized spacial score (nSPS) is 12.4. The Kier molecular flexibility index (Phi) is 5.41. The highest BCUT2D eigenvalue weighted by Gasteiger charge is 2.37. The zero-order valence-corrected chi connectivity index (χ0v) is 16.0. The van der Waals surface area contributed by atoms with Crippen molar-refractivity contribution in [1.82, 2.24) is 9.55 Å². The fourth-order valence-corrected chi connectivity index (χ4v) is 4.72. The van der Waals surface area contributed by atoms with Gasteiger partial charge in [0.15, 0.2) is 21.9 Å². The molecular formula is C18H16N4O6S. The van der Waals surface area contributed by atoms with Gasteiger partial charge in [0.2, 0.25) is 0 Å². The summed E-state index contributed by atoms with van der Waals surface area (Å²) < 4.78 is 27.8. The van der Waals surface area contributed by atoms with Crippen LogP contribution in [0, 0.1) is 20.2 Å². The molecule has 0 aliphatic rings. The second kappa shape index (κ2) is 7.80. The van der Waals surface area contributed by atoms with Crippen LogP contribution in [-0.2, 0) is 23.3 Å². The summed E-state index contributed by atoms with van der Waals surface area (Å²) in [6.45, 7) is 0. The quantitative estimate of drug-likeness (QED) is 0.426. The maximum atomic E-state index is 13.3. The summed E-state index contributed by atoms with van der Waals surface area (Å²) in [5, 5.41) is 21.0. The van der Waals surface area contributed by atoms with Crippen LogP contribution >= 0.6 is 0 Å². The fourth-order valence-electron chi connectivity index (χ4n) is 2.99. The smallest absolute Gasteiger partial charge is 0.347 e. The first-order chi connectivity index (χ1) is 13.7. The van der Waals surface area contributed by atoms with E-state index in [1.807, 2.05) is 0 Å². The molecule has 0 amide bonds. The molecule has 0 aliphatic carbocycles. The SMILES string of the molecule is Cn1cnc(C(Cc2ccc([N+](=O)[O-])cc2)S(=O)(=O)c2ccccc2)c1[N+](=O)[O-]. The average molecular weight is 416 g/mol. The van der Waals surface area contributed by atoms with Crippen molar-refractivity contribution in [3.8, 4) is 0 Å². The van der Waals surface area contributed by atoms with Gasteiger partial charge >= 0.3 is 5.82 Å². The molecule has 150 valence electrons. The molecule has 0 spiro atoms.